The van der Waals surface area contributed by atoms with Crippen LogP contribution in [-0.2, 0) is 6.42 Å². The summed E-state index contributed by atoms with van der Waals surface area (Å²) in [5, 5.41) is 19.4. The summed E-state index contributed by atoms with van der Waals surface area (Å²) in [6.07, 6.45) is 4.70. The predicted octanol–water partition coefficient (Wildman–Crippen LogP) is 4.57. The van der Waals surface area contributed by atoms with E-state index < -0.39 is 5.97 Å². The van der Waals surface area contributed by atoms with Gasteiger partial charge in [0, 0.05) is 17.9 Å². The molecule has 1 spiro atoms. The largest absolute Gasteiger partial charge is 0.508 e. The number of hydrogen-bond acceptors (Lipinski definition) is 3. The molecule has 4 nitrogen and oxygen atoms in total. The standard InChI is InChI=1S/C21H23NO3/c1-13-14(2)19-16(10-18(13)23)11-21(8-3-9-21)12-22(19)17-6-4-15(5-7-17)20(24)25/h4-7,10,23H,3,8-9,11-12H2,1-2H3,(H,24,25). The molecular formula is C21H23NO3. The van der Waals surface area contributed by atoms with Crippen molar-refractivity contribution in [3.8, 4) is 5.75 Å². The van der Waals surface area contributed by atoms with E-state index >= 15 is 0 Å². The molecule has 1 aliphatic heterocycles. The van der Waals surface area contributed by atoms with Gasteiger partial charge in [-0.2, -0.15) is 0 Å². The Bertz CT molecular complexity index is 850. The van der Waals surface area contributed by atoms with Crippen LogP contribution in [0.4, 0.5) is 11.4 Å². The van der Waals surface area contributed by atoms with E-state index in [4.69, 9.17) is 5.11 Å². The molecule has 0 unspecified atom stereocenters. The van der Waals surface area contributed by atoms with E-state index in [1.165, 1.54) is 30.5 Å². The number of aromatic hydroxyl groups is 1. The highest BCUT2D eigenvalue weighted by Gasteiger charge is 2.43. The lowest BCUT2D eigenvalue weighted by Crippen LogP contribution is -2.46. The van der Waals surface area contributed by atoms with Gasteiger partial charge in [-0.1, -0.05) is 6.42 Å². The Hall–Kier alpha value is -2.49. The summed E-state index contributed by atoms with van der Waals surface area (Å²) in [5.74, 6) is -0.535. The third-order valence-electron chi connectivity index (χ3n) is 6.09. The molecule has 25 heavy (non-hydrogen) atoms. The Kier molecular flexibility index (Phi) is 3.53. The number of hydrogen-bond donors (Lipinski definition) is 2. The smallest absolute Gasteiger partial charge is 0.335 e. The highest BCUT2D eigenvalue weighted by Crippen LogP contribution is 2.53. The average molecular weight is 337 g/mol. The van der Waals surface area contributed by atoms with Crippen LogP contribution in [0.25, 0.3) is 0 Å². The summed E-state index contributed by atoms with van der Waals surface area (Å²) in [6, 6.07) is 9.05. The van der Waals surface area contributed by atoms with Gasteiger partial charge in [0.25, 0.3) is 0 Å². The third-order valence-corrected chi connectivity index (χ3v) is 6.09. The van der Waals surface area contributed by atoms with Crippen molar-refractivity contribution < 1.29 is 15.0 Å². The van der Waals surface area contributed by atoms with Gasteiger partial charge >= 0.3 is 5.97 Å². The number of fused-ring (bicyclic) bond motifs is 1. The van der Waals surface area contributed by atoms with Gasteiger partial charge < -0.3 is 15.1 Å². The molecule has 1 saturated carbocycles. The first-order chi connectivity index (χ1) is 11.9. The fourth-order valence-electron chi connectivity index (χ4n) is 4.35. The van der Waals surface area contributed by atoms with Crippen LogP contribution in [0.5, 0.6) is 5.75 Å². The second kappa shape index (κ2) is 5.51. The van der Waals surface area contributed by atoms with Crippen molar-refractivity contribution in [1.82, 2.24) is 0 Å². The Morgan fingerprint density at radius 3 is 2.36 bits per heavy atom. The Labute approximate surface area is 147 Å². The normalized spacial score (nSPS) is 17.9. The molecule has 4 rings (SSSR count). The molecule has 0 atom stereocenters. The van der Waals surface area contributed by atoms with Crippen LogP contribution in [0.3, 0.4) is 0 Å². The van der Waals surface area contributed by atoms with Gasteiger partial charge in [0.05, 0.1) is 5.56 Å². The SMILES string of the molecule is Cc1c(O)cc2c(c1C)N(c1ccc(C(=O)O)cc1)CC1(CCC1)C2. The van der Waals surface area contributed by atoms with E-state index in [0.29, 0.717) is 11.3 Å². The first kappa shape index (κ1) is 16.0. The van der Waals surface area contributed by atoms with E-state index in [-0.39, 0.29) is 5.41 Å². The minimum absolute atomic E-state index is 0.284. The van der Waals surface area contributed by atoms with Gasteiger partial charge in [-0.05, 0) is 85.5 Å². The van der Waals surface area contributed by atoms with Crippen molar-refractivity contribution in [2.24, 2.45) is 5.41 Å². The summed E-state index contributed by atoms with van der Waals surface area (Å²) >= 11 is 0. The lowest BCUT2D eigenvalue weighted by molar-refractivity contribution is 0.0697. The maximum atomic E-state index is 11.1. The number of benzene rings is 2. The third kappa shape index (κ3) is 2.48. The minimum Gasteiger partial charge on any atom is -0.508 e. The van der Waals surface area contributed by atoms with Crippen LogP contribution in [0.1, 0.15) is 46.3 Å². The molecule has 0 aromatic heterocycles. The molecule has 0 bridgehead atoms. The molecular weight excluding hydrogens is 314 g/mol. The molecule has 0 saturated heterocycles. The predicted molar refractivity (Wildman–Crippen MR) is 98.0 cm³/mol. The van der Waals surface area contributed by atoms with Crippen LogP contribution < -0.4 is 4.90 Å². The summed E-state index contributed by atoms with van der Waals surface area (Å²) in [7, 11) is 0. The molecule has 130 valence electrons. The molecule has 1 fully saturated rings. The van der Waals surface area contributed by atoms with Gasteiger partial charge in [0.15, 0.2) is 0 Å². The minimum atomic E-state index is -0.905. The van der Waals surface area contributed by atoms with Gasteiger partial charge in [0.2, 0.25) is 0 Å². The zero-order valence-electron chi connectivity index (χ0n) is 14.7. The van der Waals surface area contributed by atoms with E-state index in [1.807, 2.05) is 25.1 Å². The average Bonchev–Trinajstić information content (AvgIpc) is 2.57. The van der Waals surface area contributed by atoms with Gasteiger partial charge in [0.1, 0.15) is 5.75 Å². The molecule has 2 aromatic rings. The lowest BCUT2D eigenvalue weighted by atomic mass is 9.63. The Balaban J connectivity index is 1.84. The second-order valence-electron chi connectivity index (χ2n) is 7.62. The molecule has 1 aliphatic carbocycles. The quantitative estimate of drug-likeness (QED) is 0.842. The molecule has 0 amide bonds. The molecule has 2 N–H and O–H groups in total. The number of carboxylic acid groups (broad SMARTS) is 1. The number of phenolic OH excluding ortho intramolecular Hbond substituents is 1. The van der Waals surface area contributed by atoms with Crippen LogP contribution in [0, 0.1) is 19.3 Å². The first-order valence-corrected chi connectivity index (χ1v) is 8.83. The van der Waals surface area contributed by atoms with Crippen LogP contribution >= 0.6 is 0 Å². The number of rotatable bonds is 2. The second-order valence-corrected chi connectivity index (χ2v) is 7.62. The van der Waals surface area contributed by atoms with Crippen LogP contribution in [0.15, 0.2) is 30.3 Å². The van der Waals surface area contributed by atoms with Crippen molar-refractivity contribution in [3.63, 3.8) is 0 Å². The lowest BCUT2D eigenvalue weighted by Gasteiger charge is -2.50. The van der Waals surface area contributed by atoms with Crippen molar-refractivity contribution in [2.75, 3.05) is 11.4 Å². The van der Waals surface area contributed by atoms with Crippen molar-refractivity contribution in [1.29, 1.82) is 0 Å². The Morgan fingerprint density at radius 1 is 1.12 bits per heavy atom. The topological polar surface area (TPSA) is 60.8 Å². The highest BCUT2D eigenvalue weighted by molar-refractivity contribution is 5.88. The van der Waals surface area contributed by atoms with E-state index in [0.717, 1.165) is 29.8 Å². The number of phenols is 1. The number of carbonyl (C=O) groups is 1. The van der Waals surface area contributed by atoms with E-state index in [2.05, 4.69) is 11.8 Å². The summed E-state index contributed by atoms with van der Waals surface area (Å²) in [5.41, 5.74) is 6.00. The summed E-state index contributed by atoms with van der Waals surface area (Å²) in [6.45, 7) is 4.97. The summed E-state index contributed by atoms with van der Waals surface area (Å²) < 4.78 is 0. The molecule has 0 radical (unpaired) electrons. The number of anilines is 2. The van der Waals surface area contributed by atoms with E-state index in [1.54, 1.807) is 12.1 Å². The fraction of sp³-hybridized carbons (Fsp3) is 0.381. The molecule has 1 heterocycles. The molecule has 2 aliphatic rings. The zero-order chi connectivity index (χ0) is 17.8. The van der Waals surface area contributed by atoms with Crippen LogP contribution in [-0.4, -0.2) is 22.7 Å². The zero-order valence-corrected chi connectivity index (χ0v) is 14.7. The highest BCUT2D eigenvalue weighted by atomic mass is 16.4. The van der Waals surface area contributed by atoms with Gasteiger partial charge in [-0.3, -0.25) is 0 Å². The summed E-state index contributed by atoms with van der Waals surface area (Å²) in [4.78, 5) is 13.5. The number of carboxylic acids is 1. The maximum Gasteiger partial charge on any atom is 0.335 e. The van der Waals surface area contributed by atoms with Crippen molar-refractivity contribution >= 4 is 17.3 Å². The monoisotopic (exact) mass is 337 g/mol. The number of aromatic carboxylic acids is 1. The Morgan fingerprint density at radius 2 is 1.80 bits per heavy atom. The maximum absolute atomic E-state index is 11.1. The van der Waals surface area contributed by atoms with E-state index in [9.17, 15) is 9.90 Å². The van der Waals surface area contributed by atoms with Crippen LogP contribution in [0.2, 0.25) is 0 Å². The van der Waals surface area contributed by atoms with Gasteiger partial charge in [-0.25, -0.2) is 4.79 Å². The molecule has 4 heteroatoms. The molecule has 2 aromatic carbocycles. The van der Waals surface area contributed by atoms with Crippen molar-refractivity contribution in [2.45, 2.75) is 39.5 Å². The fourth-order valence-corrected chi connectivity index (χ4v) is 4.35. The van der Waals surface area contributed by atoms with Gasteiger partial charge in [-0.15, -0.1) is 0 Å². The first-order valence-electron chi connectivity index (χ1n) is 8.83. The van der Waals surface area contributed by atoms with Crippen molar-refractivity contribution in [3.05, 3.63) is 52.6 Å². The number of nitrogens with zero attached hydrogens (tertiary/aromatic N) is 1.